The maximum atomic E-state index is 6.08. The van der Waals surface area contributed by atoms with E-state index in [0.717, 1.165) is 22.6 Å². The van der Waals surface area contributed by atoms with Gasteiger partial charge in [0.1, 0.15) is 0 Å². The van der Waals surface area contributed by atoms with E-state index in [-0.39, 0.29) is 0 Å². The van der Waals surface area contributed by atoms with Gasteiger partial charge in [-0.1, -0.05) is 23.2 Å². The van der Waals surface area contributed by atoms with E-state index in [1.807, 2.05) is 31.2 Å². The predicted molar refractivity (Wildman–Crippen MR) is 75.3 cm³/mol. The largest absolute Gasteiger partial charge is 0.399 e. The quantitative estimate of drug-likeness (QED) is 0.778. The Balaban J connectivity index is 2.28. The van der Waals surface area contributed by atoms with E-state index in [1.54, 1.807) is 12.1 Å². The molecule has 0 heterocycles. The summed E-state index contributed by atoms with van der Waals surface area (Å²) in [7, 11) is 0. The second-order valence-electron chi connectivity index (χ2n) is 3.82. The second-order valence-corrected chi connectivity index (χ2v) is 4.66. The third-order valence-corrected chi connectivity index (χ3v) is 3.03. The van der Waals surface area contributed by atoms with Gasteiger partial charge < -0.3 is 11.1 Å². The van der Waals surface area contributed by atoms with Crippen LogP contribution in [-0.4, -0.2) is 0 Å². The zero-order valence-electron chi connectivity index (χ0n) is 9.30. The van der Waals surface area contributed by atoms with Crippen molar-refractivity contribution in [3.63, 3.8) is 0 Å². The van der Waals surface area contributed by atoms with Crippen molar-refractivity contribution in [3.05, 3.63) is 52.0 Å². The SMILES string of the molecule is Cc1cc(Nc2ccc(Cl)cc2Cl)ccc1N. The number of nitrogens with one attached hydrogen (secondary N) is 1. The number of nitrogens with two attached hydrogens (primary N) is 1. The molecule has 0 fully saturated rings. The van der Waals surface area contributed by atoms with Crippen LogP contribution in [0.2, 0.25) is 10.0 Å². The van der Waals surface area contributed by atoms with Crippen LogP contribution in [0.25, 0.3) is 0 Å². The van der Waals surface area contributed by atoms with E-state index in [0.29, 0.717) is 10.0 Å². The summed E-state index contributed by atoms with van der Waals surface area (Å²) in [6, 6.07) is 11.1. The van der Waals surface area contributed by atoms with Crippen LogP contribution >= 0.6 is 23.2 Å². The van der Waals surface area contributed by atoms with Crippen molar-refractivity contribution < 1.29 is 0 Å². The van der Waals surface area contributed by atoms with Crippen molar-refractivity contribution in [2.45, 2.75) is 6.92 Å². The molecule has 88 valence electrons. The molecule has 0 atom stereocenters. The van der Waals surface area contributed by atoms with E-state index in [4.69, 9.17) is 28.9 Å². The predicted octanol–water partition coefficient (Wildman–Crippen LogP) is 4.63. The number of hydrogen-bond acceptors (Lipinski definition) is 2. The third-order valence-electron chi connectivity index (χ3n) is 2.48. The van der Waals surface area contributed by atoms with Gasteiger partial charge in [0.25, 0.3) is 0 Å². The Bertz CT molecular complexity index is 553. The molecule has 0 amide bonds. The van der Waals surface area contributed by atoms with Crippen LogP contribution in [-0.2, 0) is 0 Å². The molecular weight excluding hydrogens is 255 g/mol. The molecule has 2 aromatic carbocycles. The summed E-state index contributed by atoms with van der Waals surface area (Å²) >= 11 is 11.9. The summed E-state index contributed by atoms with van der Waals surface area (Å²) < 4.78 is 0. The van der Waals surface area contributed by atoms with Crippen molar-refractivity contribution in [2.75, 3.05) is 11.1 Å². The molecule has 2 rings (SSSR count). The van der Waals surface area contributed by atoms with Crippen LogP contribution in [0.4, 0.5) is 17.1 Å². The lowest BCUT2D eigenvalue weighted by Crippen LogP contribution is -1.94. The maximum Gasteiger partial charge on any atom is 0.0655 e. The van der Waals surface area contributed by atoms with E-state index in [9.17, 15) is 0 Å². The summed E-state index contributed by atoms with van der Waals surface area (Å²) in [5.41, 5.74) is 9.33. The van der Waals surface area contributed by atoms with Crippen LogP contribution in [0.15, 0.2) is 36.4 Å². The zero-order chi connectivity index (χ0) is 12.4. The van der Waals surface area contributed by atoms with Gasteiger partial charge in [-0.25, -0.2) is 0 Å². The zero-order valence-corrected chi connectivity index (χ0v) is 10.8. The average Bonchev–Trinajstić information content (AvgIpc) is 2.27. The lowest BCUT2D eigenvalue weighted by Gasteiger charge is -2.10. The first-order chi connectivity index (χ1) is 8.06. The Hall–Kier alpha value is -1.38. The highest BCUT2D eigenvalue weighted by Gasteiger charge is 2.02. The van der Waals surface area contributed by atoms with E-state index < -0.39 is 0 Å². The van der Waals surface area contributed by atoms with Gasteiger partial charge in [0, 0.05) is 16.4 Å². The van der Waals surface area contributed by atoms with Crippen LogP contribution in [0, 0.1) is 6.92 Å². The van der Waals surface area contributed by atoms with Crippen molar-refractivity contribution in [3.8, 4) is 0 Å². The number of hydrogen-bond donors (Lipinski definition) is 2. The third kappa shape index (κ3) is 2.84. The van der Waals surface area contributed by atoms with Gasteiger partial charge in [0.05, 0.1) is 10.7 Å². The number of benzene rings is 2. The smallest absolute Gasteiger partial charge is 0.0655 e. The minimum atomic E-state index is 0.590. The molecule has 3 N–H and O–H groups in total. The molecule has 0 spiro atoms. The summed E-state index contributed by atoms with van der Waals surface area (Å²) in [5.74, 6) is 0. The first-order valence-corrected chi connectivity index (χ1v) is 5.90. The molecule has 0 aromatic heterocycles. The second kappa shape index (κ2) is 4.86. The highest BCUT2D eigenvalue weighted by Crippen LogP contribution is 2.29. The molecule has 0 saturated heterocycles. The topological polar surface area (TPSA) is 38.0 Å². The fourth-order valence-electron chi connectivity index (χ4n) is 1.50. The van der Waals surface area contributed by atoms with Crippen LogP contribution < -0.4 is 11.1 Å². The number of anilines is 3. The molecule has 0 bridgehead atoms. The van der Waals surface area contributed by atoms with Crippen LogP contribution in [0.1, 0.15) is 5.56 Å². The van der Waals surface area contributed by atoms with E-state index in [1.165, 1.54) is 0 Å². The molecule has 0 aliphatic carbocycles. The minimum Gasteiger partial charge on any atom is -0.399 e. The van der Waals surface area contributed by atoms with E-state index in [2.05, 4.69) is 5.32 Å². The number of rotatable bonds is 2. The lowest BCUT2D eigenvalue weighted by atomic mass is 10.2. The molecular formula is C13H12Cl2N2. The van der Waals surface area contributed by atoms with Crippen molar-refractivity contribution >= 4 is 40.3 Å². The highest BCUT2D eigenvalue weighted by molar-refractivity contribution is 6.36. The molecule has 0 saturated carbocycles. The summed E-state index contributed by atoms with van der Waals surface area (Å²) in [6.45, 7) is 1.96. The first-order valence-electron chi connectivity index (χ1n) is 5.14. The number of halogens is 2. The Morgan fingerprint density at radius 2 is 1.82 bits per heavy atom. The summed E-state index contributed by atoms with van der Waals surface area (Å²) in [5, 5.41) is 4.43. The van der Waals surface area contributed by atoms with Gasteiger partial charge >= 0.3 is 0 Å². The molecule has 0 aliphatic rings. The molecule has 0 radical (unpaired) electrons. The van der Waals surface area contributed by atoms with Gasteiger partial charge in [0.15, 0.2) is 0 Å². The minimum absolute atomic E-state index is 0.590. The molecule has 17 heavy (non-hydrogen) atoms. The molecule has 4 heteroatoms. The standard InChI is InChI=1S/C13H12Cl2N2/c1-8-6-10(3-4-12(8)16)17-13-5-2-9(14)7-11(13)15/h2-7,17H,16H2,1H3. The maximum absolute atomic E-state index is 6.08. The first kappa shape index (κ1) is 12.1. The lowest BCUT2D eigenvalue weighted by molar-refractivity contribution is 1.45. The van der Waals surface area contributed by atoms with Gasteiger partial charge in [-0.3, -0.25) is 0 Å². The van der Waals surface area contributed by atoms with Crippen molar-refractivity contribution in [2.24, 2.45) is 0 Å². The Morgan fingerprint density at radius 1 is 1.06 bits per heavy atom. The normalized spacial score (nSPS) is 10.3. The fourth-order valence-corrected chi connectivity index (χ4v) is 1.96. The van der Waals surface area contributed by atoms with Crippen LogP contribution in [0.5, 0.6) is 0 Å². The molecule has 2 aromatic rings. The average molecular weight is 267 g/mol. The van der Waals surface area contributed by atoms with Gasteiger partial charge in [0.2, 0.25) is 0 Å². The van der Waals surface area contributed by atoms with Gasteiger partial charge in [-0.2, -0.15) is 0 Å². The molecule has 2 nitrogen and oxygen atoms in total. The monoisotopic (exact) mass is 266 g/mol. The summed E-state index contributed by atoms with van der Waals surface area (Å²) in [4.78, 5) is 0. The van der Waals surface area contributed by atoms with Gasteiger partial charge in [-0.05, 0) is 48.9 Å². The number of nitrogen functional groups attached to an aromatic ring is 1. The van der Waals surface area contributed by atoms with Crippen molar-refractivity contribution in [1.29, 1.82) is 0 Å². The van der Waals surface area contributed by atoms with Crippen molar-refractivity contribution in [1.82, 2.24) is 0 Å². The Morgan fingerprint density at radius 3 is 2.47 bits per heavy atom. The molecule has 0 aliphatic heterocycles. The summed E-state index contributed by atoms with van der Waals surface area (Å²) in [6.07, 6.45) is 0. The molecule has 0 unspecified atom stereocenters. The van der Waals surface area contributed by atoms with Crippen LogP contribution in [0.3, 0.4) is 0 Å². The van der Waals surface area contributed by atoms with Gasteiger partial charge in [-0.15, -0.1) is 0 Å². The fraction of sp³-hybridized carbons (Fsp3) is 0.0769. The Labute approximate surface area is 110 Å². The highest BCUT2D eigenvalue weighted by atomic mass is 35.5. The van der Waals surface area contributed by atoms with E-state index >= 15 is 0 Å². The Kier molecular flexibility index (Phi) is 3.46. The number of aryl methyl sites for hydroxylation is 1.